The van der Waals surface area contributed by atoms with Gasteiger partial charge in [-0.25, -0.2) is 4.98 Å². The number of nitrogens with zero attached hydrogens (tertiary/aromatic N) is 1. The minimum Gasteiger partial charge on any atom is -0.496 e. The maximum Gasteiger partial charge on any atom is 0.124 e. The van der Waals surface area contributed by atoms with Gasteiger partial charge in [0.15, 0.2) is 0 Å². The van der Waals surface area contributed by atoms with Gasteiger partial charge in [0.1, 0.15) is 10.8 Å². The Labute approximate surface area is 99.1 Å². The van der Waals surface area contributed by atoms with Crippen molar-refractivity contribution in [1.82, 2.24) is 10.3 Å². The molecule has 0 aliphatic heterocycles. The average molecular weight is 234 g/mol. The maximum atomic E-state index is 5.36. The highest BCUT2D eigenvalue weighted by molar-refractivity contribution is 7.09. The van der Waals surface area contributed by atoms with Gasteiger partial charge in [0.2, 0.25) is 0 Å². The molecule has 1 aromatic heterocycles. The van der Waals surface area contributed by atoms with Gasteiger partial charge in [-0.1, -0.05) is 18.2 Å². The number of rotatable bonds is 4. The molecule has 2 aromatic rings. The molecule has 0 spiro atoms. The zero-order chi connectivity index (χ0) is 11.4. The van der Waals surface area contributed by atoms with E-state index in [1.807, 2.05) is 36.8 Å². The zero-order valence-corrected chi connectivity index (χ0v) is 10.1. The van der Waals surface area contributed by atoms with Crippen LogP contribution in [0.2, 0.25) is 0 Å². The van der Waals surface area contributed by atoms with Crippen LogP contribution in [0.1, 0.15) is 16.6 Å². The summed E-state index contributed by atoms with van der Waals surface area (Å²) >= 11 is 1.64. The number of nitrogens with one attached hydrogen (secondary N) is 1. The minimum absolute atomic E-state index is 0.0937. The SMILES string of the molecule is CNC(c1nccs1)c1ccccc1OC. The van der Waals surface area contributed by atoms with E-state index in [1.54, 1.807) is 18.4 Å². The molecule has 0 aliphatic carbocycles. The Kier molecular flexibility index (Phi) is 3.54. The van der Waals surface area contributed by atoms with Crippen molar-refractivity contribution in [1.29, 1.82) is 0 Å². The van der Waals surface area contributed by atoms with E-state index < -0.39 is 0 Å². The predicted octanol–water partition coefficient (Wildman–Crippen LogP) is 2.46. The third-order valence-electron chi connectivity index (χ3n) is 2.44. The molecule has 84 valence electrons. The van der Waals surface area contributed by atoms with Crippen molar-refractivity contribution in [2.45, 2.75) is 6.04 Å². The van der Waals surface area contributed by atoms with Gasteiger partial charge in [-0.2, -0.15) is 0 Å². The number of hydrogen-bond acceptors (Lipinski definition) is 4. The first-order valence-corrected chi connectivity index (χ1v) is 5.94. The molecule has 0 saturated carbocycles. The average Bonchev–Trinajstić information content (AvgIpc) is 2.84. The van der Waals surface area contributed by atoms with Crippen LogP contribution in [0.5, 0.6) is 5.75 Å². The molecule has 1 N–H and O–H groups in total. The Morgan fingerprint density at radius 2 is 2.19 bits per heavy atom. The van der Waals surface area contributed by atoms with Crippen LogP contribution < -0.4 is 10.1 Å². The summed E-state index contributed by atoms with van der Waals surface area (Å²) in [6.45, 7) is 0. The quantitative estimate of drug-likeness (QED) is 0.882. The molecule has 1 heterocycles. The van der Waals surface area contributed by atoms with Crippen LogP contribution in [0.3, 0.4) is 0 Å². The van der Waals surface area contributed by atoms with E-state index in [1.165, 1.54) is 0 Å². The molecule has 3 nitrogen and oxygen atoms in total. The van der Waals surface area contributed by atoms with E-state index in [9.17, 15) is 0 Å². The first-order chi connectivity index (χ1) is 7.86. The topological polar surface area (TPSA) is 34.2 Å². The van der Waals surface area contributed by atoms with Crippen LogP contribution in [-0.4, -0.2) is 19.1 Å². The molecule has 0 saturated heterocycles. The van der Waals surface area contributed by atoms with E-state index in [0.717, 1.165) is 16.3 Å². The summed E-state index contributed by atoms with van der Waals surface area (Å²) < 4.78 is 5.36. The summed E-state index contributed by atoms with van der Waals surface area (Å²) in [7, 11) is 3.62. The van der Waals surface area contributed by atoms with Crippen molar-refractivity contribution in [3.05, 3.63) is 46.4 Å². The number of thiazole rings is 1. The van der Waals surface area contributed by atoms with Crippen molar-refractivity contribution < 1.29 is 4.74 Å². The molecule has 1 unspecified atom stereocenters. The molecule has 0 bridgehead atoms. The Balaban J connectivity index is 2.41. The van der Waals surface area contributed by atoms with Crippen molar-refractivity contribution in [2.24, 2.45) is 0 Å². The van der Waals surface area contributed by atoms with E-state index in [0.29, 0.717) is 0 Å². The zero-order valence-electron chi connectivity index (χ0n) is 9.31. The second-order valence-electron chi connectivity index (χ2n) is 3.33. The molecule has 4 heteroatoms. The van der Waals surface area contributed by atoms with Crippen LogP contribution in [0.15, 0.2) is 35.8 Å². The standard InChI is InChI=1S/C12H14N2OS/c1-13-11(12-14-7-8-16-12)9-5-3-4-6-10(9)15-2/h3-8,11,13H,1-2H3. The van der Waals surface area contributed by atoms with Gasteiger partial charge in [0, 0.05) is 17.1 Å². The largest absolute Gasteiger partial charge is 0.496 e. The highest BCUT2D eigenvalue weighted by Crippen LogP contribution is 2.30. The molecule has 0 fully saturated rings. The molecule has 1 aromatic carbocycles. The number of hydrogen-bond donors (Lipinski definition) is 1. The van der Waals surface area contributed by atoms with Crippen LogP contribution in [0, 0.1) is 0 Å². The lowest BCUT2D eigenvalue weighted by Gasteiger charge is -2.16. The molecule has 1 atom stereocenters. The molecule has 16 heavy (non-hydrogen) atoms. The Morgan fingerprint density at radius 1 is 1.38 bits per heavy atom. The minimum atomic E-state index is 0.0937. The maximum absolute atomic E-state index is 5.36. The van der Waals surface area contributed by atoms with Crippen LogP contribution in [0.25, 0.3) is 0 Å². The first-order valence-electron chi connectivity index (χ1n) is 5.06. The number of ether oxygens (including phenoxy) is 1. The van der Waals surface area contributed by atoms with Gasteiger partial charge in [0.05, 0.1) is 13.2 Å². The second kappa shape index (κ2) is 5.09. The van der Waals surface area contributed by atoms with Crippen molar-refractivity contribution in [3.8, 4) is 5.75 Å². The third-order valence-corrected chi connectivity index (χ3v) is 3.28. The smallest absolute Gasteiger partial charge is 0.124 e. The highest BCUT2D eigenvalue weighted by Gasteiger charge is 2.17. The monoisotopic (exact) mass is 234 g/mol. The summed E-state index contributed by atoms with van der Waals surface area (Å²) in [5, 5.41) is 6.29. The number of para-hydroxylation sites is 1. The van der Waals surface area contributed by atoms with Gasteiger partial charge in [-0.05, 0) is 13.1 Å². The summed E-state index contributed by atoms with van der Waals surface area (Å²) in [5.41, 5.74) is 1.11. The Bertz CT molecular complexity index is 442. The molecular formula is C12H14N2OS. The molecule has 0 amide bonds. The molecular weight excluding hydrogens is 220 g/mol. The van der Waals surface area contributed by atoms with Crippen molar-refractivity contribution >= 4 is 11.3 Å². The van der Waals surface area contributed by atoms with Gasteiger partial charge >= 0.3 is 0 Å². The molecule has 2 rings (SSSR count). The fourth-order valence-corrected chi connectivity index (χ4v) is 2.46. The summed E-state index contributed by atoms with van der Waals surface area (Å²) in [4.78, 5) is 4.34. The fraction of sp³-hybridized carbons (Fsp3) is 0.250. The lowest BCUT2D eigenvalue weighted by Crippen LogP contribution is -2.18. The normalized spacial score (nSPS) is 12.4. The summed E-state index contributed by atoms with van der Waals surface area (Å²) in [5.74, 6) is 0.886. The first kappa shape index (κ1) is 11.1. The summed E-state index contributed by atoms with van der Waals surface area (Å²) in [6, 6.07) is 8.10. The third kappa shape index (κ3) is 2.08. The van der Waals surface area contributed by atoms with Crippen LogP contribution in [0.4, 0.5) is 0 Å². The Hall–Kier alpha value is -1.39. The van der Waals surface area contributed by atoms with Gasteiger partial charge < -0.3 is 10.1 Å². The van der Waals surface area contributed by atoms with E-state index in [2.05, 4.69) is 16.4 Å². The van der Waals surface area contributed by atoms with Crippen molar-refractivity contribution in [2.75, 3.05) is 14.2 Å². The summed E-state index contributed by atoms with van der Waals surface area (Å²) in [6.07, 6.45) is 1.82. The highest BCUT2D eigenvalue weighted by atomic mass is 32.1. The molecule has 0 radical (unpaired) electrons. The van der Waals surface area contributed by atoms with E-state index in [-0.39, 0.29) is 6.04 Å². The van der Waals surface area contributed by atoms with E-state index in [4.69, 9.17) is 4.74 Å². The molecule has 0 aliphatic rings. The lowest BCUT2D eigenvalue weighted by atomic mass is 10.1. The van der Waals surface area contributed by atoms with Gasteiger partial charge in [-0.3, -0.25) is 0 Å². The van der Waals surface area contributed by atoms with E-state index >= 15 is 0 Å². The predicted molar refractivity (Wildman–Crippen MR) is 66.0 cm³/mol. The van der Waals surface area contributed by atoms with Crippen LogP contribution >= 0.6 is 11.3 Å². The number of benzene rings is 1. The Morgan fingerprint density at radius 3 is 2.81 bits per heavy atom. The second-order valence-corrected chi connectivity index (χ2v) is 4.26. The number of aromatic nitrogens is 1. The van der Waals surface area contributed by atoms with Gasteiger partial charge in [-0.15, -0.1) is 11.3 Å². The fourth-order valence-electron chi connectivity index (χ4n) is 1.69. The lowest BCUT2D eigenvalue weighted by molar-refractivity contribution is 0.405. The van der Waals surface area contributed by atoms with Gasteiger partial charge in [0.25, 0.3) is 0 Å². The van der Waals surface area contributed by atoms with Crippen molar-refractivity contribution in [3.63, 3.8) is 0 Å². The van der Waals surface area contributed by atoms with Crippen LogP contribution in [-0.2, 0) is 0 Å². The number of methoxy groups -OCH3 is 1.